The highest BCUT2D eigenvalue weighted by molar-refractivity contribution is 5.24. The molecule has 0 atom stereocenters. The molecule has 0 unspecified atom stereocenters. The molecule has 0 saturated carbocycles. The van der Waals surface area contributed by atoms with Gasteiger partial charge in [0.15, 0.2) is 0 Å². The summed E-state index contributed by atoms with van der Waals surface area (Å²) in [6.45, 7) is 3.86. The van der Waals surface area contributed by atoms with Crippen molar-refractivity contribution in [1.29, 1.82) is 0 Å². The van der Waals surface area contributed by atoms with Crippen molar-refractivity contribution in [1.82, 2.24) is 4.90 Å². The number of nitrogens with zero attached hydrogens (tertiary/aromatic N) is 1. The van der Waals surface area contributed by atoms with E-state index in [9.17, 15) is 4.39 Å². The van der Waals surface area contributed by atoms with Gasteiger partial charge in [-0.2, -0.15) is 0 Å². The molecule has 1 N–H and O–H groups in total. The number of likely N-dealkylation sites (N-methyl/N-ethyl adjacent to an activating group) is 1. The zero-order valence-corrected chi connectivity index (χ0v) is 10.0. The number of benzene rings is 1. The molecule has 0 amide bonds. The van der Waals surface area contributed by atoms with Crippen LogP contribution in [-0.2, 0) is 6.42 Å². The maximum Gasteiger partial charge on any atom is 0.126 e. The summed E-state index contributed by atoms with van der Waals surface area (Å²) in [5.41, 5.74) is 1.87. The fraction of sp³-hybridized carbons (Fsp3) is 0.538. The number of aliphatic hydroxyl groups is 1. The summed E-state index contributed by atoms with van der Waals surface area (Å²) in [5, 5.41) is 8.70. The first-order valence-electron chi connectivity index (χ1n) is 5.68. The minimum atomic E-state index is -0.141. The van der Waals surface area contributed by atoms with E-state index in [-0.39, 0.29) is 12.4 Å². The van der Waals surface area contributed by atoms with Gasteiger partial charge in [0.25, 0.3) is 0 Å². The lowest BCUT2D eigenvalue weighted by atomic mass is 10.1. The molecule has 0 aromatic heterocycles. The normalized spacial score (nSPS) is 11.1. The van der Waals surface area contributed by atoms with Crippen LogP contribution in [-0.4, -0.2) is 36.8 Å². The summed E-state index contributed by atoms with van der Waals surface area (Å²) in [6.07, 6.45) is 1.72. The lowest BCUT2D eigenvalue weighted by Gasteiger charge is -2.15. The van der Waals surface area contributed by atoms with E-state index >= 15 is 0 Å². The molecule has 0 radical (unpaired) electrons. The van der Waals surface area contributed by atoms with E-state index in [1.54, 1.807) is 6.92 Å². The first-order chi connectivity index (χ1) is 7.63. The number of hydrogen-bond acceptors (Lipinski definition) is 2. The summed E-state index contributed by atoms with van der Waals surface area (Å²) in [4.78, 5) is 2.18. The van der Waals surface area contributed by atoms with E-state index in [0.717, 1.165) is 31.5 Å². The number of aliphatic hydroxyl groups excluding tert-OH is 1. The van der Waals surface area contributed by atoms with Crippen molar-refractivity contribution >= 4 is 0 Å². The minimum absolute atomic E-state index is 0.141. The second-order valence-corrected chi connectivity index (χ2v) is 4.21. The van der Waals surface area contributed by atoms with Crippen LogP contribution in [0.2, 0.25) is 0 Å². The van der Waals surface area contributed by atoms with Crippen LogP contribution in [0, 0.1) is 12.7 Å². The molecule has 0 spiro atoms. The maximum absolute atomic E-state index is 13.0. The molecule has 16 heavy (non-hydrogen) atoms. The Bertz CT molecular complexity index is 328. The number of aryl methyl sites for hydroxylation is 1. The van der Waals surface area contributed by atoms with Gasteiger partial charge in [0.1, 0.15) is 5.82 Å². The van der Waals surface area contributed by atoms with Crippen molar-refractivity contribution in [3.8, 4) is 0 Å². The third-order valence-electron chi connectivity index (χ3n) is 2.70. The highest BCUT2D eigenvalue weighted by atomic mass is 19.1. The summed E-state index contributed by atoms with van der Waals surface area (Å²) in [7, 11) is 2.03. The minimum Gasteiger partial charge on any atom is -0.396 e. The van der Waals surface area contributed by atoms with Gasteiger partial charge in [0, 0.05) is 19.7 Å². The second kappa shape index (κ2) is 6.61. The molecule has 0 saturated heterocycles. The standard InChI is InChI=1S/C13H20FNO/c1-11-10-12(4-5-13(11)14)6-8-15(2)7-3-9-16/h4-5,10,16H,3,6-9H2,1-2H3. The third-order valence-corrected chi connectivity index (χ3v) is 2.70. The number of halogens is 1. The molecule has 1 rings (SSSR count). The van der Waals surface area contributed by atoms with Crippen LogP contribution in [0.25, 0.3) is 0 Å². The summed E-state index contributed by atoms with van der Waals surface area (Å²) < 4.78 is 13.0. The topological polar surface area (TPSA) is 23.5 Å². The van der Waals surface area contributed by atoms with E-state index in [0.29, 0.717) is 5.56 Å². The summed E-state index contributed by atoms with van der Waals surface area (Å²) >= 11 is 0. The SMILES string of the molecule is Cc1cc(CCN(C)CCCO)ccc1F. The molecule has 0 aliphatic rings. The van der Waals surface area contributed by atoms with Crippen molar-refractivity contribution in [3.63, 3.8) is 0 Å². The molecule has 1 aromatic carbocycles. The molecular weight excluding hydrogens is 205 g/mol. The van der Waals surface area contributed by atoms with Crippen molar-refractivity contribution in [3.05, 3.63) is 35.1 Å². The van der Waals surface area contributed by atoms with Gasteiger partial charge in [-0.3, -0.25) is 0 Å². The predicted octanol–water partition coefficient (Wildman–Crippen LogP) is 1.99. The Balaban J connectivity index is 2.39. The van der Waals surface area contributed by atoms with Crippen molar-refractivity contribution in [2.45, 2.75) is 19.8 Å². The van der Waals surface area contributed by atoms with Gasteiger partial charge in [-0.25, -0.2) is 4.39 Å². The van der Waals surface area contributed by atoms with Gasteiger partial charge in [-0.05, 0) is 44.0 Å². The predicted molar refractivity (Wildman–Crippen MR) is 64.0 cm³/mol. The molecule has 0 fully saturated rings. The fourth-order valence-electron chi connectivity index (χ4n) is 1.63. The van der Waals surface area contributed by atoms with Crippen LogP contribution in [0.4, 0.5) is 4.39 Å². The Hall–Kier alpha value is -0.930. The van der Waals surface area contributed by atoms with Gasteiger partial charge in [-0.1, -0.05) is 12.1 Å². The van der Waals surface area contributed by atoms with Gasteiger partial charge in [0.2, 0.25) is 0 Å². The summed E-state index contributed by atoms with van der Waals surface area (Å²) in [5.74, 6) is -0.141. The Labute approximate surface area is 96.7 Å². The average Bonchev–Trinajstić information content (AvgIpc) is 2.28. The largest absolute Gasteiger partial charge is 0.396 e. The number of rotatable bonds is 6. The van der Waals surface area contributed by atoms with Crippen LogP contribution in [0.5, 0.6) is 0 Å². The van der Waals surface area contributed by atoms with E-state index in [1.165, 1.54) is 6.07 Å². The van der Waals surface area contributed by atoms with E-state index in [1.807, 2.05) is 19.2 Å². The molecule has 2 nitrogen and oxygen atoms in total. The molecule has 0 bridgehead atoms. The smallest absolute Gasteiger partial charge is 0.126 e. The summed E-state index contributed by atoms with van der Waals surface area (Å²) in [6, 6.07) is 5.26. The molecule has 0 aliphatic heterocycles. The average molecular weight is 225 g/mol. The zero-order valence-electron chi connectivity index (χ0n) is 10.0. The Kier molecular flexibility index (Phi) is 5.43. The van der Waals surface area contributed by atoms with E-state index in [2.05, 4.69) is 4.90 Å². The Morgan fingerprint density at radius 2 is 2.06 bits per heavy atom. The highest BCUT2D eigenvalue weighted by Gasteiger charge is 2.01. The van der Waals surface area contributed by atoms with Gasteiger partial charge >= 0.3 is 0 Å². The third kappa shape index (κ3) is 4.29. The van der Waals surface area contributed by atoms with E-state index < -0.39 is 0 Å². The van der Waals surface area contributed by atoms with Crippen LogP contribution >= 0.6 is 0 Å². The monoisotopic (exact) mass is 225 g/mol. The molecule has 90 valence electrons. The molecule has 3 heteroatoms. The molecule has 0 aliphatic carbocycles. The quantitative estimate of drug-likeness (QED) is 0.800. The highest BCUT2D eigenvalue weighted by Crippen LogP contribution is 2.10. The lowest BCUT2D eigenvalue weighted by molar-refractivity contribution is 0.248. The van der Waals surface area contributed by atoms with Crippen LogP contribution < -0.4 is 0 Å². The number of hydrogen-bond donors (Lipinski definition) is 1. The zero-order chi connectivity index (χ0) is 12.0. The maximum atomic E-state index is 13.0. The van der Waals surface area contributed by atoms with Crippen molar-refractivity contribution < 1.29 is 9.50 Å². The molecule has 0 heterocycles. The van der Waals surface area contributed by atoms with Crippen molar-refractivity contribution in [2.75, 3.05) is 26.7 Å². The lowest BCUT2D eigenvalue weighted by Crippen LogP contribution is -2.23. The first kappa shape index (κ1) is 13.1. The fourth-order valence-corrected chi connectivity index (χ4v) is 1.63. The van der Waals surface area contributed by atoms with E-state index in [4.69, 9.17) is 5.11 Å². The Morgan fingerprint density at radius 3 is 2.69 bits per heavy atom. The van der Waals surface area contributed by atoms with Gasteiger partial charge in [0.05, 0.1) is 0 Å². The molecule has 1 aromatic rings. The van der Waals surface area contributed by atoms with Crippen LogP contribution in [0.15, 0.2) is 18.2 Å². The van der Waals surface area contributed by atoms with Crippen molar-refractivity contribution in [2.24, 2.45) is 0 Å². The molecular formula is C13H20FNO. The Morgan fingerprint density at radius 1 is 1.31 bits per heavy atom. The van der Waals surface area contributed by atoms with Crippen LogP contribution in [0.1, 0.15) is 17.5 Å². The van der Waals surface area contributed by atoms with Gasteiger partial charge in [-0.15, -0.1) is 0 Å². The first-order valence-corrected chi connectivity index (χ1v) is 5.68. The van der Waals surface area contributed by atoms with Crippen LogP contribution in [0.3, 0.4) is 0 Å². The van der Waals surface area contributed by atoms with Gasteiger partial charge < -0.3 is 10.0 Å². The second-order valence-electron chi connectivity index (χ2n) is 4.21.